The van der Waals surface area contributed by atoms with E-state index < -0.39 is 0 Å². The smallest absolute Gasteiger partial charge is 0.306 e. The van der Waals surface area contributed by atoms with Crippen LogP contribution in [0.5, 0.6) is 0 Å². The lowest BCUT2D eigenvalue weighted by atomic mass is 10.1. The van der Waals surface area contributed by atoms with E-state index in [1.54, 1.807) is 29.3 Å². The molecule has 28 heavy (non-hydrogen) atoms. The van der Waals surface area contributed by atoms with Crippen LogP contribution in [0.1, 0.15) is 6.42 Å². The van der Waals surface area contributed by atoms with Gasteiger partial charge in [-0.3, -0.25) is 9.78 Å². The minimum Gasteiger partial charge on any atom is -0.469 e. The zero-order valence-corrected chi connectivity index (χ0v) is 16.8. The zero-order chi connectivity index (χ0) is 19.3. The number of aromatic nitrogens is 3. The van der Waals surface area contributed by atoms with E-state index in [0.29, 0.717) is 18.0 Å². The summed E-state index contributed by atoms with van der Waals surface area (Å²) >= 11 is 3.14. The van der Waals surface area contributed by atoms with Gasteiger partial charge in [-0.1, -0.05) is 36.4 Å². The molecule has 0 atom stereocenters. The number of nitrogens with zero attached hydrogens (tertiary/aromatic N) is 3. The Balaban J connectivity index is 1.80. The summed E-state index contributed by atoms with van der Waals surface area (Å²) in [5.41, 5.74) is 2.96. The molecule has 0 aliphatic heterocycles. The van der Waals surface area contributed by atoms with Gasteiger partial charge < -0.3 is 4.74 Å². The number of ether oxygens (including phenoxy) is 1. The molecule has 0 saturated carbocycles. The molecule has 0 amide bonds. The molecule has 4 aromatic rings. The topological polar surface area (TPSA) is 65.0 Å². The molecule has 0 fully saturated rings. The van der Waals surface area contributed by atoms with Gasteiger partial charge in [0.2, 0.25) is 0 Å². The molecule has 0 saturated heterocycles. The molecule has 0 aliphatic carbocycles. The van der Waals surface area contributed by atoms with Gasteiger partial charge in [-0.2, -0.15) is 0 Å². The zero-order valence-electron chi connectivity index (χ0n) is 15.2. The summed E-state index contributed by atoms with van der Waals surface area (Å²) in [5, 5.41) is 3.99. The van der Waals surface area contributed by atoms with Gasteiger partial charge >= 0.3 is 5.97 Å². The minimum atomic E-state index is -0.226. The first-order chi connectivity index (χ1) is 13.8. The summed E-state index contributed by atoms with van der Waals surface area (Å²) in [5.74, 6) is 0.955. The number of thioether (sulfide) groups is 1. The van der Waals surface area contributed by atoms with Crippen molar-refractivity contribution in [3.05, 3.63) is 60.1 Å². The Labute approximate surface area is 170 Å². The van der Waals surface area contributed by atoms with Crippen molar-refractivity contribution < 1.29 is 9.53 Å². The minimum absolute atomic E-state index is 0.226. The van der Waals surface area contributed by atoms with Gasteiger partial charge in [0.1, 0.15) is 15.6 Å². The van der Waals surface area contributed by atoms with E-state index in [0.717, 1.165) is 32.1 Å². The number of carbonyl (C=O) groups excluding carboxylic acids is 1. The number of carbonyl (C=O) groups is 1. The second-order valence-electron chi connectivity index (χ2n) is 5.94. The Morgan fingerprint density at radius 3 is 2.68 bits per heavy atom. The quantitative estimate of drug-likeness (QED) is 0.252. The van der Waals surface area contributed by atoms with Crippen LogP contribution in [-0.2, 0) is 9.53 Å². The highest BCUT2D eigenvalue weighted by atomic mass is 32.2. The van der Waals surface area contributed by atoms with Gasteiger partial charge in [0.25, 0.3) is 0 Å². The molecule has 4 rings (SSSR count). The number of hydrogen-bond acceptors (Lipinski definition) is 7. The fourth-order valence-electron chi connectivity index (χ4n) is 2.79. The van der Waals surface area contributed by atoms with Crippen molar-refractivity contribution >= 4 is 39.3 Å². The lowest BCUT2D eigenvalue weighted by Gasteiger charge is -2.08. The average molecular weight is 408 g/mol. The van der Waals surface area contributed by atoms with Crippen LogP contribution < -0.4 is 0 Å². The van der Waals surface area contributed by atoms with Crippen molar-refractivity contribution in [2.45, 2.75) is 11.4 Å². The van der Waals surface area contributed by atoms with Gasteiger partial charge in [0, 0.05) is 22.9 Å². The number of pyridine rings is 1. The van der Waals surface area contributed by atoms with E-state index in [2.05, 4.69) is 22.5 Å². The van der Waals surface area contributed by atoms with E-state index in [9.17, 15) is 4.79 Å². The second kappa shape index (κ2) is 8.50. The molecule has 0 N–H and O–H groups in total. The van der Waals surface area contributed by atoms with E-state index in [1.807, 2.05) is 36.4 Å². The van der Waals surface area contributed by atoms with Crippen molar-refractivity contribution in [2.24, 2.45) is 0 Å². The molecule has 140 valence electrons. The maximum absolute atomic E-state index is 11.5. The number of esters is 1. The largest absolute Gasteiger partial charge is 0.469 e. The van der Waals surface area contributed by atoms with E-state index in [1.165, 1.54) is 7.11 Å². The molecule has 0 unspecified atom stereocenters. The predicted octanol–water partition coefficient (Wildman–Crippen LogP) is 5.08. The molecular weight excluding hydrogens is 390 g/mol. The number of hydrogen-bond donors (Lipinski definition) is 0. The monoisotopic (exact) mass is 407 g/mol. The third-order valence-electron chi connectivity index (χ3n) is 4.15. The predicted molar refractivity (Wildman–Crippen MR) is 113 cm³/mol. The summed E-state index contributed by atoms with van der Waals surface area (Å²) in [6.45, 7) is 0. The summed E-state index contributed by atoms with van der Waals surface area (Å²) in [7, 11) is 1.40. The number of fused-ring (bicyclic) bond motifs is 1. The van der Waals surface area contributed by atoms with Crippen LogP contribution in [0.15, 0.2) is 65.1 Å². The Morgan fingerprint density at radius 1 is 1.11 bits per heavy atom. The van der Waals surface area contributed by atoms with E-state index >= 15 is 0 Å². The summed E-state index contributed by atoms with van der Waals surface area (Å²) in [6, 6.07) is 15.9. The van der Waals surface area contributed by atoms with Crippen molar-refractivity contribution in [2.75, 3.05) is 12.9 Å². The highest BCUT2D eigenvalue weighted by Crippen LogP contribution is 2.39. The van der Waals surface area contributed by atoms with Gasteiger partial charge in [0.15, 0.2) is 5.82 Å². The van der Waals surface area contributed by atoms with Crippen molar-refractivity contribution in [1.29, 1.82) is 0 Å². The molecule has 1 aromatic carbocycles. The van der Waals surface area contributed by atoms with Crippen LogP contribution in [0.4, 0.5) is 0 Å². The summed E-state index contributed by atoms with van der Waals surface area (Å²) in [6.07, 6.45) is 2.06. The third-order valence-corrected chi connectivity index (χ3v) is 6.00. The number of methoxy groups -OCH3 is 1. The first-order valence-corrected chi connectivity index (χ1v) is 10.6. The highest BCUT2D eigenvalue weighted by Gasteiger charge is 2.17. The summed E-state index contributed by atoms with van der Waals surface area (Å²) < 4.78 is 4.75. The van der Waals surface area contributed by atoms with Crippen LogP contribution in [0, 0.1) is 0 Å². The van der Waals surface area contributed by atoms with Crippen LogP contribution in [0.25, 0.3) is 32.9 Å². The van der Waals surface area contributed by atoms with Crippen LogP contribution in [0.2, 0.25) is 0 Å². The van der Waals surface area contributed by atoms with Crippen LogP contribution in [0.3, 0.4) is 0 Å². The Bertz CT molecular complexity index is 1100. The Kier molecular flexibility index (Phi) is 5.64. The molecule has 0 spiro atoms. The lowest BCUT2D eigenvalue weighted by Crippen LogP contribution is -2.01. The maximum Gasteiger partial charge on any atom is 0.306 e. The Morgan fingerprint density at radius 2 is 1.93 bits per heavy atom. The number of rotatable bonds is 6. The standard InChI is InChI=1S/C21H17N3O2S2/c1-26-17(25)10-12-27-20-18-15(14-7-3-2-4-8-14)13-28-21(18)24-19(23-20)16-9-5-6-11-22-16/h2-9,11,13H,10,12H2,1H3. The lowest BCUT2D eigenvalue weighted by molar-refractivity contribution is -0.140. The van der Waals surface area contributed by atoms with Gasteiger partial charge in [-0.15, -0.1) is 23.1 Å². The normalized spacial score (nSPS) is 10.9. The fraction of sp³-hybridized carbons (Fsp3) is 0.143. The third kappa shape index (κ3) is 3.90. The van der Waals surface area contributed by atoms with Gasteiger partial charge in [-0.05, 0) is 17.7 Å². The average Bonchev–Trinajstić information content (AvgIpc) is 3.19. The summed E-state index contributed by atoms with van der Waals surface area (Å²) in [4.78, 5) is 26.4. The van der Waals surface area contributed by atoms with Crippen LogP contribution in [-0.4, -0.2) is 33.8 Å². The van der Waals surface area contributed by atoms with Crippen molar-refractivity contribution in [3.8, 4) is 22.6 Å². The molecule has 7 heteroatoms. The van der Waals surface area contributed by atoms with Crippen LogP contribution >= 0.6 is 23.1 Å². The molecule has 0 aliphatic rings. The fourth-order valence-corrected chi connectivity index (χ4v) is 4.76. The first kappa shape index (κ1) is 18.6. The highest BCUT2D eigenvalue weighted by molar-refractivity contribution is 7.99. The maximum atomic E-state index is 11.5. The molecule has 0 bridgehead atoms. The van der Waals surface area contributed by atoms with Crippen molar-refractivity contribution in [1.82, 2.24) is 15.0 Å². The number of benzene rings is 1. The second-order valence-corrected chi connectivity index (χ2v) is 7.88. The number of thiophene rings is 1. The molecule has 0 radical (unpaired) electrons. The van der Waals surface area contributed by atoms with Gasteiger partial charge in [0.05, 0.1) is 18.9 Å². The van der Waals surface area contributed by atoms with Gasteiger partial charge in [-0.25, -0.2) is 9.97 Å². The van der Waals surface area contributed by atoms with E-state index in [-0.39, 0.29) is 5.97 Å². The van der Waals surface area contributed by atoms with E-state index in [4.69, 9.17) is 14.7 Å². The SMILES string of the molecule is COC(=O)CCSc1nc(-c2ccccn2)nc2scc(-c3ccccc3)c12. The molecule has 3 heterocycles. The Hall–Kier alpha value is -2.77. The van der Waals surface area contributed by atoms with Crippen molar-refractivity contribution in [3.63, 3.8) is 0 Å². The molecule has 3 aromatic heterocycles. The molecular formula is C21H17N3O2S2. The first-order valence-electron chi connectivity index (χ1n) is 8.72. The molecule has 5 nitrogen and oxygen atoms in total.